The van der Waals surface area contributed by atoms with Crippen molar-refractivity contribution in [3.05, 3.63) is 24.3 Å². The topological polar surface area (TPSA) is 56.8 Å². The summed E-state index contributed by atoms with van der Waals surface area (Å²) in [6.45, 7) is 0. The van der Waals surface area contributed by atoms with Gasteiger partial charge in [0.2, 0.25) is 0 Å². The Morgan fingerprint density at radius 2 is 2.10 bits per heavy atom. The van der Waals surface area contributed by atoms with Gasteiger partial charge in [-0.2, -0.15) is 0 Å². The van der Waals surface area contributed by atoms with E-state index >= 15 is 0 Å². The van der Waals surface area contributed by atoms with Crippen LogP contribution in [0.3, 0.4) is 0 Å². The summed E-state index contributed by atoms with van der Waals surface area (Å²) in [6, 6.07) is 7.52. The highest BCUT2D eigenvalue weighted by Gasteiger charge is 2.43. The van der Waals surface area contributed by atoms with E-state index in [1.165, 1.54) is 7.11 Å². The average molecular weight is 293 g/mol. The van der Waals surface area contributed by atoms with Crippen LogP contribution in [0.25, 0.3) is 0 Å². The first-order valence-corrected chi connectivity index (χ1v) is 7.21. The van der Waals surface area contributed by atoms with Crippen LogP contribution in [0.2, 0.25) is 0 Å². The van der Waals surface area contributed by atoms with Gasteiger partial charge in [0, 0.05) is 12.5 Å². The van der Waals surface area contributed by atoms with Gasteiger partial charge in [-0.05, 0) is 38.4 Å². The van der Waals surface area contributed by atoms with Gasteiger partial charge in [0.05, 0.1) is 14.2 Å². The third-order valence-electron chi connectivity index (χ3n) is 4.10. The number of hydrogen-bond donors (Lipinski definition) is 1. The van der Waals surface area contributed by atoms with Crippen molar-refractivity contribution in [3.8, 4) is 11.5 Å². The maximum absolute atomic E-state index is 12.1. The van der Waals surface area contributed by atoms with Gasteiger partial charge in [-0.15, -0.1) is 0 Å². The molecule has 0 bridgehead atoms. The minimum absolute atomic E-state index is 0.0163. The van der Waals surface area contributed by atoms with E-state index in [9.17, 15) is 4.79 Å². The van der Waals surface area contributed by atoms with Crippen LogP contribution >= 0.6 is 0 Å². The lowest BCUT2D eigenvalue weighted by Gasteiger charge is -2.38. The molecular formula is C16H23NO4. The molecule has 5 nitrogen and oxygen atoms in total. The predicted molar refractivity (Wildman–Crippen MR) is 79.7 cm³/mol. The maximum Gasteiger partial charge on any atom is 0.326 e. The van der Waals surface area contributed by atoms with Gasteiger partial charge in [0.1, 0.15) is 23.1 Å². The molecular weight excluding hydrogens is 270 g/mol. The van der Waals surface area contributed by atoms with E-state index < -0.39 is 5.54 Å². The van der Waals surface area contributed by atoms with Crippen molar-refractivity contribution in [3.63, 3.8) is 0 Å². The molecule has 0 saturated heterocycles. The van der Waals surface area contributed by atoms with Crippen molar-refractivity contribution in [2.75, 3.05) is 21.3 Å². The Bertz CT molecular complexity index is 491. The van der Waals surface area contributed by atoms with Crippen LogP contribution in [0.4, 0.5) is 0 Å². The Labute approximate surface area is 125 Å². The lowest BCUT2D eigenvalue weighted by atomic mass is 9.80. The Morgan fingerprint density at radius 3 is 2.76 bits per heavy atom. The second-order valence-electron chi connectivity index (χ2n) is 5.34. The van der Waals surface area contributed by atoms with Crippen LogP contribution < -0.4 is 14.8 Å². The summed E-state index contributed by atoms with van der Waals surface area (Å²) in [5.74, 6) is 1.30. The fourth-order valence-electron chi connectivity index (χ4n) is 2.90. The Kier molecular flexibility index (Phi) is 5.07. The highest BCUT2D eigenvalue weighted by molar-refractivity contribution is 5.81. The molecule has 0 aromatic heterocycles. The molecule has 5 heteroatoms. The van der Waals surface area contributed by atoms with Gasteiger partial charge in [0.25, 0.3) is 0 Å². The number of benzene rings is 1. The van der Waals surface area contributed by atoms with Gasteiger partial charge >= 0.3 is 5.97 Å². The zero-order valence-corrected chi connectivity index (χ0v) is 12.8. The molecule has 21 heavy (non-hydrogen) atoms. The highest BCUT2D eigenvalue weighted by Crippen LogP contribution is 2.32. The monoisotopic (exact) mass is 293 g/mol. The number of likely N-dealkylation sites (N-methyl/N-ethyl adjacent to an activating group) is 1. The summed E-state index contributed by atoms with van der Waals surface area (Å²) < 4.78 is 16.2. The smallest absolute Gasteiger partial charge is 0.326 e. The molecule has 1 saturated carbocycles. The average Bonchev–Trinajstić information content (AvgIpc) is 2.54. The molecule has 1 N–H and O–H groups in total. The van der Waals surface area contributed by atoms with Gasteiger partial charge < -0.3 is 19.5 Å². The van der Waals surface area contributed by atoms with E-state index in [4.69, 9.17) is 14.2 Å². The number of rotatable bonds is 5. The van der Waals surface area contributed by atoms with Gasteiger partial charge in [-0.3, -0.25) is 4.79 Å². The zero-order chi connectivity index (χ0) is 15.3. The quantitative estimate of drug-likeness (QED) is 0.843. The van der Waals surface area contributed by atoms with Crippen LogP contribution in [0.5, 0.6) is 11.5 Å². The largest absolute Gasteiger partial charge is 0.497 e. The van der Waals surface area contributed by atoms with Crippen molar-refractivity contribution in [1.29, 1.82) is 0 Å². The zero-order valence-electron chi connectivity index (χ0n) is 12.8. The first-order chi connectivity index (χ1) is 10.1. The molecule has 0 heterocycles. The third kappa shape index (κ3) is 3.47. The maximum atomic E-state index is 12.1. The minimum atomic E-state index is -0.642. The van der Waals surface area contributed by atoms with Crippen LogP contribution in [0.1, 0.15) is 25.7 Å². The van der Waals surface area contributed by atoms with Gasteiger partial charge in [-0.1, -0.05) is 6.07 Å². The number of hydrogen-bond acceptors (Lipinski definition) is 5. The molecule has 0 spiro atoms. The van der Waals surface area contributed by atoms with E-state index in [0.29, 0.717) is 6.42 Å². The Morgan fingerprint density at radius 1 is 1.33 bits per heavy atom. The number of carbonyl (C=O) groups is 1. The van der Waals surface area contributed by atoms with Crippen LogP contribution in [-0.4, -0.2) is 38.9 Å². The predicted octanol–water partition coefficient (Wildman–Crippen LogP) is 2.15. The summed E-state index contributed by atoms with van der Waals surface area (Å²) in [7, 11) is 4.85. The highest BCUT2D eigenvalue weighted by atomic mass is 16.5. The second-order valence-corrected chi connectivity index (χ2v) is 5.34. The molecule has 2 atom stereocenters. The Hall–Kier alpha value is -1.75. The standard InChI is InChI=1S/C16H23NO4/c1-17-16(15(18)20-3)9-5-8-14(11-16)21-13-7-4-6-12(10-13)19-2/h4,6-7,10,14,17H,5,8-9,11H2,1-3H3. The van der Waals surface area contributed by atoms with E-state index in [0.717, 1.165) is 30.8 Å². The fraction of sp³-hybridized carbons (Fsp3) is 0.562. The number of nitrogens with one attached hydrogen (secondary N) is 1. The first kappa shape index (κ1) is 15.6. The van der Waals surface area contributed by atoms with Gasteiger partial charge in [-0.25, -0.2) is 0 Å². The number of ether oxygens (including phenoxy) is 3. The third-order valence-corrected chi connectivity index (χ3v) is 4.10. The molecule has 0 aliphatic heterocycles. The molecule has 116 valence electrons. The lowest BCUT2D eigenvalue weighted by Crippen LogP contribution is -2.55. The van der Waals surface area contributed by atoms with E-state index in [2.05, 4.69) is 5.32 Å². The number of methoxy groups -OCH3 is 2. The normalized spacial score (nSPS) is 25.2. The molecule has 0 radical (unpaired) electrons. The molecule has 1 aliphatic rings. The van der Waals surface area contributed by atoms with Crippen LogP contribution in [0.15, 0.2) is 24.3 Å². The lowest BCUT2D eigenvalue weighted by molar-refractivity contribution is -0.151. The molecule has 2 unspecified atom stereocenters. The number of esters is 1. The molecule has 1 aliphatic carbocycles. The van der Waals surface area contributed by atoms with Gasteiger partial charge in [0.15, 0.2) is 0 Å². The van der Waals surface area contributed by atoms with Crippen molar-refractivity contribution in [1.82, 2.24) is 5.32 Å². The summed E-state index contributed by atoms with van der Waals surface area (Å²) in [5.41, 5.74) is -0.642. The summed E-state index contributed by atoms with van der Waals surface area (Å²) in [4.78, 5) is 12.1. The van der Waals surface area contributed by atoms with Crippen molar-refractivity contribution < 1.29 is 19.0 Å². The van der Waals surface area contributed by atoms with E-state index in [1.807, 2.05) is 24.3 Å². The van der Waals surface area contributed by atoms with Crippen LogP contribution in [-0.2, 0) is 9.53 Å². The van der Waals surface area contributed by atoms with Crippen LogP contribution in [0, 0.1) is 0 Å². The van der Waals surface area contributed by atoms with E-state index in [1.54, 1.807) is 14.2 Å². The molecule has 1 aromatic rings. The molecule has 1 fully saturated rings. The summed E-state index contributed by atoms with van der Waals surface area (Å²) in [6.07, 6.45) is 3.21. The summed E-state index contributed by atoms with van der Waals surface area (Å²) in [5, 5.41) is 3.13. The van der Waals surface area contributed by atoms with Crippen molar-refractivity contribution in [2.24, 2.45) is 0 Å². The molecule has 2 rings (SSSR count). The first-order valence-electron chi connectivity index (χ1n) is 7.21. The van der Waals surface area contributed by atoms with Crippen molar-refractivity contribution in [2.45, 2.75) is 37.3 Å². The minimum Gasteiger partial charge on any atom is -0.497 e. The van der Waals surface area contributed by atoms with E-state index in [-0.39, 0.29) is 12.1 Å². The molecule has 1 aromatic carbocycles. The summed E-state index contributed by atoms with van der Waals surface area (Å²) >= 11 is 0. The number of carbonyl (C=O) groups excluding carboxylic acids is 1. The fourth-order valence-corrected chi connectivity index (χ4v) is 2.90. The van der Waals surface area contributed by atoms with Crippen molar-refractivity contribution >= 4 is 5.97 Å². The SMILES string of the molecule is CNC1(C(=O)OC)CCCC(Oc2cccc(OC)c2)C1. The second kappa shape index (κ2) is 6.80. The molecule has 0 amide bonds. The Balaban J connectivity index is 2.08.